The summed E-state index contributed by atoms with van der Waals surface area (Å²) in [5, 5.41) is 0. The van der Waals surface area contributed by atoms with Crippen LogP contribution in [0.4, 0.5) is 4.79 Å². The van der Waals surface area contributed by atoms with E-state index in [0.29, 0.717) is 0 Å². The minimum atomic E-state index is -1.71. The Balaban J connectivity index is 3.51. The topological polar surface area (TPSA) is 140 Å². The third kappa shape index (κ3) is 8.03. The van der Waals surface area contributed by atoms with E-state index < -0.39 is 64.8 Å². The maximum atomic E-state index is 14.1. The molecule has 0 heterocycles. The zero-order valence-corrected chi connectivity index (χ0v) is 25.7. The Morgan fingerprint density at radius 2 is 1.40 bits per heavy atom. The second-order valence-electron chi connectivity index (χ2n) is 11.4. The van der Waals surface area contributed by atoms with Crippen LogP contribution in [0.2, 0.25) is 0 Å². The summed E-state index contributed by atoms with van der Waals surface area (Å²) in [5.41, 5.74) is 4.11. The Kier molecular flexibility index (Phi) is 11.9. The van der Waals surface area contributed by atoms with Crippen molar-refractivity contribution in [3.8, 4) is 0 Å². The monoisotopic (exact) mass is 562 g/mol. The van der Waals surface area contributed by atoms with Crippen molar-refractivity contribution in [3.63, 3.8) is 0 Å². The van der Waals surface area contributed by atoms with Crippen molar-refractivity contribution in [1.29, 1.82) is 0 Å². The molecule has 0 aliphatic rings. The number of likely N-dealkylation sites (N-methyl/N-ethyl adjacent to an activating group) is 3. The van der Waals surface area contributed by atoms with E-state index in [9.17, 15) is 24.0 Å². The number of ether oxygens (including phenoxy) is 2. The number of ketones is 1. The SMILES string of the molecule is COC(=O)[C@](C)(C(C)C(=O)[C@H](C)N)N(C)C(=O)[C@H](Cc1ccccc1)N(C)C(=O)[C@H](C)N(C)C(=O)OC(C)(C)C. The number of benzene rings is 1. The van der Waals surface area contributed by atoms with Gasteiger partial charge in [-0.15, -0.1) is 0 Å². The molecule has 1 aromatic carbocycles. The fourth-order valence-corrected chi connectivity index (χ4v) is 4.27. The van der Waals surface area contributed by atoms with Crippen LogP contribution < -0.4 is 5.73 Å². The lowest BCUT2D eigenvalue weighted by Crippen LogP contribution is -2.64. The van der Waals surface area contributed by atoms with Crippen LogP contribution in [0.25, 0.3) is 0 Å². The fourth-order valence-electron chi connectivity index (χ4n) is 4.27. The van der Waals surface area contributed by atoms with Crippen molar-refractivity contribution in [2.75, 3.05) is 28.3 Å². The van der Waals surface area contributed by atoms with E-state index in [-0.39, 0.29) is 6.42 Å². The van der Waals surface area contributed by atoms with Crippen LogP contribution in [0, 0.1) is 5.92 Å². The molecule has 224 valence electrons. The van der Waals surface area contributed by atoms with Crippen molar-refractivity contribution in [3.05, 3.63) is 35.9 Å². The van der Waals surface area contributed by atoms with E-state index in [1.54, 1.807) is 27.7 Å². The van der Waals surface area contributed by atoms with Gasteiger partial charge in [0.05, 0.1) is 19.1 Å². The molecule has 2 N–H and O–H groups in total. The molecule has 1 unspecified atom stereocenters. The molecule has 11 heteroatoms. The molecule has 11 nitrogen and oxygen atoms in total. The molecule has 1 rings (SSSR count). The van der Waals surface area contributed by atoms with Crippen molar-refractivity contribution in [2.24, 2.45) is 11.7 Å². The van der Waals surface area contributed by atoms with Gasteiger partial charge in [-0.3, -0.25) is 19.3 Å². The Hall–Kier alpha value is -3.47. The van der Waals surface area contributed by atoms with Gasteiger partial charge in [0.15, 0.2) is 5.78 Å². The predicted molar refractivity (Wildman–Crippen MR) is 151 cm³/mol. The lowest BCUT2D eigenvalue weighted by molar-refractivity contribution is -0.167. The second-order valence-corrected chi connectivity index (χ2v) is 11.4. The molecule has 0 radical (unpaired) electrons. The quantitative estimate of drug-likeness (QED) is 0.405. The number of nitrogens with two attached hydrogens (primary N) is 1. The Morgan fingerprint density at radius 1 is 0.875 bits per heavy atom. The highest BCUT2D eigenvalue weighted by Crippen LogP contribution is 2.29. The third-order valence-corrected chi connectivity index (χ3v) is 7.34. The highest BCUT2D eigenvalue weighted by atomic mass is 16.6. The molecule has 0 spiro atoms. The highest BCUT2D eigenvalue weighted by molar-refractivity contribution is 5.98. The van der Waals surface area contributed by atoms with E-state index in [4.69, 9.17) is 15.2 Å². The number of Topliss-reactive ketones (excluding diaryl/α,β-unsaturated/α-hetero) is 1. The van der Waals surface area contributed by atoms with Crippen LogP contribution in [0.5, 0.6) is 0 Å². The number of hydrogen-bond acceptors (Lipinski definition) is 8. The number of carbonyl (C=O) groups is 5. The number of nitrogens with zero attached hydrogens (tertiary/aromatic N) is 3. The summed E-state index contributed by atoms with van der Waals surface area (Å²) in [4.78, 5) is 69.9. The average molecular weight is 563 g/mol. The van der Waals surface area contributed by atoms with Crippen LogP contribution in [0.15, 0.2) is 30.3 Å². The van der Waals surface area contributed by atoms with E-state index in [0.717, 1.165) is 10.5 Å². The lowest BCUT2D eigenvalue weighted by atomic mass is 9.80. The maximum absolute atomic E-state index is 14.1. The zero-order chi connectivity index (χ0) is 31.2. The largest absolute Gasteiger partial charge is 0.467 e. The van der Waals surface area contributed by atoms with Crippen molar-refractivity contribution in [2.45, 2.75) is 84.2 Å². The zero-order valence-electron chi connectivity index (χ0n) is 25.7. The Morgan fingerprint density at radius 3 is 1.85 bits per heavy atom. The molecule has 5 atom stereocenters. The average Bonchev–Trinajstić information content (AvgIpc) is 2.91. The number of carbonyl (C=O) groups excluding carboxylic acids is 5. The summed E-state index contributed by atoms with van der Waals surface area (Å²) >= 11 is 0. The summed E-state index contributed by atoms with van der Waals surface area (Å²) in [6.07, 6.45) is -0.576. The molecule has 0 bridgehead atoms. The summed E-state index contributed by atoms with van der Waals surface area (Å²) in [5.74, 6) is -3.34. The van der Waals surface area contributed by atoms with E-state index in [1.165, 1.54) is 58.8 Å². The van der Waals surface area contributed by atoms with Crippen LogP contribution >= 0.6 is 0 Å². The number of hydrogen-bond donors (Lipinski definition) is 1. The van der Waals surface area contributed by atoms with Crippen LogP contribution in [-0.4, -0.2) is 102 Å². The van der Waals surface area contributed by atoms with Gasteiger partial charge in [0.1, 0.15) is 23.2 Å². The van der Waals surface area contributed by atoms with Gasteiger partial charge in [0.2, 0.25) is 11.8 Å². The first-order valence-electron chi connectivity index (χ1n) is 13.2. The molecular formula is C29H46N4O7. The van der Waals surface area contributed by atoms with Crippen molar-refractivity contribution < 1.29 is 33.4 Å². The lowest BCUT2D eigenvalue weighted by Gasteiger charge is -2.43. The van der Waals surface area contributed by atoms with Gasteiger partial charge in [-0.2, -0.15) is 0 Å². The molecule has 40 heavy (non-hydrogen) atoms. The summed E-state index contributed by atoms with van der Waals surface area (Å²) in [7, 11) is 5.48. The smallest absolute Gasteiger partial charge is 0.410 e. The standard InChI is InChI=1S/C29H46N4O7/c1-18(23(34)19(2)30)29(7,26(37)39-11)33(10)25(36)22(17-21-15-13-12-14-16-21)32(9)24(35)20(3)31(8)27(38)40-28(4,5)6/h12-16,18-20,22H,17,30H2,1-11H3/t18?,19-,20-,22-,29-/m0/s1. The molecule has 3 amide bonds. The van der Waals surface area contributed by atoms with Crippen LogP contribution in [-0.2, 0) is 35.1 Å². The molecule has 0 aliphatic heterocycles. The fraction of sp³-hybridized carbons (Fsp3) is 0.621. The molecular weight excluding hydrogens is 516 g/mol. The van der Waals surface area contributed by atoms with E-state index >= 15 is 0 Å². The minimum Gasteiger partial charge on any atom is -0.467 e. The van der Waals surface area contributed by atoms with E-state index in [2.05, 4.69) is 0 Å². The number of esters is 1. The number of amides is 3. The van der Waals surface area contributed by atoms with Gasteiger partial charge in [-0.1, -0.05) is 37.3 Å². The van der Waals surface area contributed by atoms with Crippen LogP contribution in [0.3, 0.4) is 0 Å². The van der Waals surface area contributed by atoms with E-state index in [1.807, 2.05) is 30.3 Å². The normalized spacial score (nSPS) is 15.9. The predicted octanol–water partition coefficient (Wildman–Crippen LogP) is 2.25. The van der Waals surface area contributed by atoms with Gasteiger partial charge in [-0.05, 0) is 47.1 Å². The first-order chi connectivity index (χ1) is 18.3. The van der Waals surface area contributed by atoms with Gasteiger partial charge in [0.25, 0.3) is 0 Å². The Labute approximate surface area is 237 Å². The number of methoxy groups -OCH3 is 1. The molecule has 0 aliphatic carbocycles. The van der Waals surface area contributed by atoms with Gasteiger partial charge in [-0.25, -0.2) is 9.59 Å². The molecule has 1 aromatic rings. The molecule has 0 aromatic heterocycles. The molecule has 0 saturated heterocycles. The highest BCUT2D eigenvalue weighted by Gasteiger charge is 2.51. The summed E-state index contributed by atoms with van der Waals surface area (Å²) in [6, 6.07) is 6.14. The first-order valence-corrected chi connectivity index (χ1v) is 13.2. The van der Waals surface area contributed by atoms with Crippen LogP contribution in [0.1, 0.15) is 54.0 Å². The third-order valence-electron chi connectivity index (χ3n) is 7.34. The molecule has 0 saturated carbocycles. The maximum Gasteiger partial charge on any atom is 0.410 e. The second kappa shape index (κ2) is 13.7. The van der Waals surface area contributed by atoms with Crippen molar-refractivity contribution >= 4 is 29.7 Å². The van der Waals surface area contributed by atoms with Gasteiger partial charge >= 0.3 is 12.1 Å². The Bertz CT molecular complexity index is 1070. The van der Waals surface area contributed by atoms with Crippen molar-refractivity contribution in [1.82, 2.24) is 14.7 Å². The summed E-state index contributed by atoms with van der Waals surface area (Å²) in [6.45, 7) is 11.2. The first kappa shape index (κ1) is 34.6. The molecule has 0 fully saturated rings. The van der Waals surface area contributed by atoms with Gasteiger partial charge in [0, 0.05) is 27.6 Å². The minimum absolute atomic E-state index is 0.113. The number of rotatable bonds is 11. The van der Waals surface area contributed by atoms with Gasteiger partial charge < -0.3 is 25.0 Å². The summed E-state index contributed by atoms with van der Waals surface area (Å²) < 4.78 is 10.4.